The van der Waals surface area contributed by atoms with E-state index in [2.05, 4.69) is 17.2 Å². The lowest BCUT2D eigenvalue weighted by molar-refractivity contribution is 0.0626. The third-order valence-electron chi connectivity index (χ3n) is 3.41. The highest BCUT2D eigenvalue weighted by Gasteiger charge is 2.29. The molecule has 0 spiro atoms. The molecule has 0 bridgehead atoms. The third-order valence-corrected chi connectivity index (χ3v) is 4.38. The Kier molecular flexibility index (Phi) is 4.69. The second kappa shape index (κ2) is 5.60. The monoisotopic (exact) mass is 298 g/mol. The molecule has 0 aromatic carbocycles. The Labute approximate surface area is 125 Å². The number of thiazole rings is 1. The van der Waals surface area contributed by atoms with Gasteiger partial charge >= 0.3 is 0 Å². The molecule has 0 unspecified atom stereocenters. The zero-order valence-electron chi connectivity index (χ0n) is 13.5. The first-order valence-electron chi connectivity index (χ1n) is 6.80. The summed E-state index contributed by atoms with van der Waals surface area (Å²) in [6.07, 6.45) is 0.876. The molecule has 0 fully saturated rings. The van der Waals surface area contributed by atoms with E-state index in [1.807, 2.05) is 41.7 Å². The van der Waals surface area contributed by atoms with Crippen LogP contribution in [-0.2, 0) is 0 Å². The standard InChI is InChI=1S/C14H26N4OS/c1-8-14(5,6)18(7)11(19)9-10(15)16-12(20-9)17-13(2,3)4/h8,15H2,1-7H3,(H,16,17). The van der Waals surface area contributed by atoms with E-state index in [1.54, 1.807) is 4.90 Å². The summed E-state index contributed by atoms with van der Waals surface area (Å²) < 4.78 is 0. The molecule has 0 radical (unpaired) electrons. The number of carbonyl (C=O) groups is 1. The van der Waals surface area contributed by atoms with Crippen molar-refractivity contribution >= 4 is 28.2 Å². The van der Waals surface area contributed by atoms with E-state index in [0.717, 1.165) is 6.42 Å². The number of aromatic nitrogens is 1. The number of nitrogen functional groups attached to an aromatic ring is 1. The van der Waals surface area contributed by atoms with Crippen molar-refractivity contribution in [1.29, 1.82) is 0 Å². The van der Waals surface area contributed by atoms with Gasteiger partial charge in [0.25, 0.3) is 5.91 Å². The van der Waals surface area contributed by atoms with Crippen LogP contribution in [-0.4, -0.2) is 33.9 Å². The summed E-state index contributed by atoms with van der Waals surface area (Å²) in [5.74, 6) is 0.222. The molecule has 0 atom stereocenters. The number of amides is 1. The Morgan fingerprint density at radius 1 is 1.35 bits per heavy atom. The molecule has 1 heterocycles. The van der Waals surface area contributed by atoms with Crippen molar-refractivity contribution in [1.82, 2.24) is 9.88 Å². The van der Waals surface area contributed by atoms with Crippen LogP contribution in [0.2, 0.25) is 0 Å². The lowest BCUT2D eigenvalue weighted by Gasteiger charge is -2.34. The number of rotatable bonds is 4. The topological polar surface area (TPSA) is 71.2 Å². The molecule has 3 N–H and O–H groups in total. The maximum absolute atomic E-state index is 12.5. The van der Waals surface area contributed by atoms with Gasteiger partial charge in [-0.05, 0) is 41.0 Å². The summed E-state index contributed by atoms with van der Waals surface area (Å²) in [4.78, 5) is 19.0. The summed E-state index contributed by atoms with van der Waals surface area (Å²) in [5.41, 5.74) is 5.58. The van der Waals surface area contributed by atoms with Gasteiger partial charge in [0.1, 0.15) is 10.7 Å². The second-order valence-electron chi connectivity index (χ2n) is 6.64. The van der Waals surface area contributed by atoms with E-state index < -0.39 is 0 Å². The maximum atomic E-state index is 12.5. The van der Waals surface area contributed by atoms with Gasteiger partial charge in [0, 0.05) is 18.1 Å². The molecule has 20 heavy (non-hydrogen) atoms. The van der Waals surface area contributed by atoms with Crippen LogP contribution >= 0.6 is 11.3 Å². The van der Waals surface area contributed by atoms with Gasteiger partial charge in [-0.2, -0.15) is 0 Å². The highest BCUT2D eigenvalue weighted by Crippen LogP contribution is 2.30. The number of hydrogen-bond donors (Lipinski definition) is 2. The molecular formula is C14H26N4OS. The fraction of sp³-hybridized carbons (Fsp3) is 0.714. The zero-order chi connectivity index (χ0) is 15.7. The maximum Gasteiger partial charge on any atom is 0.268 e. The van der Waals surface area contributed by atoms with Gasteiger partial charge in [0.2, 0.25) is 0 Å². The average molecular weight is 298 g/mol. The first-order valence-corrected chi connectivity index (χ1v) is 7.62. The van der Waals surface area contributed by atoms with E-state index in [9.17, 15) is 4.79 Å². The van der Waals surface area contributed by atoms with Gasteiger partial charge in [0.15, 0.2) is 5.13 Å². The van der Waals surface area contributed by atoms with Crippen LogP contribution in [0.15, 0.2) is 0 Å². The van der Waals surface area contributed by atoms with Crippen LogP contribution in [0.1, 0.15) is 57.6 Å². The van der Waals surface area contributed by atoms with E-state index in [-0.39, 0.29) is 17.0 Å². The minimum Gasteiger partial charge on any atom is -0.382 e. The van der Waals surface area contributed by atoms with Crippen molar-refractivity contribution < 1.29 is 4.79 Å². The normalized spacial score (nSPS) is 12.3. The van der Waals surface area contributed by atoms with E-state index in [0.29, 0.717) is 15.8 Å². The van der Waals surface area contributed by atoms with Crippen molar-refractivity contribution in [2.75, 3.05) is 18.1 Å². The first-order chi connectivity index (χ1) is 8.98. The number of nitrogens with two attached hydrogens (primary N) is 1. The van der Waals surface area contributed by atoms with E-state index in [1.165, 1.54) is 11.3 Å². The molecule has 0 aliphatic rings. The summed E-state index contributed by atoms with van der Waals surface area (Å²) in [6, 6.07) is 0. The largest absolute Gasteiger partial charge is 0.382 e. The third kappa shape index (κ3) is 3.85. The van der Waals surface area contributed by atoms with Crippen molar-refractivity contribution in [2.45, 2.75) is 59.0 Å². The minimum atomic E-state index is -0.203. The molecular weight excluding hydrogens is 272 g/mol. The fourth-order valence-electron chi connectivity index (χ4n) is 1.52. The Morgan fingerprint density at radius 2 is 1.90 bits per heavy atom. The van der Waals surface area contributed by atoms with Crippen molar-refractivity contribution in [2.24, 2.45) is 0 Å². The lowest BCUT2D eigenvalue weighted by atomic mass is 10.00. The molecule has 0 aliphatic heterocycles. The molecule has 1 aromatic rings. The van der Waals surface area contributed by atoms with Gasteiger partial charge in [0.05, 0.1) is 0 Å². The Bertz CT molecular complexity index is 488. The van der Waals surface area contributed by atoms with Crippen LogP contribution in [0.25, 0.3) is 0 Å². The summed E-state index contributed by atoms with van der Waals surface area (Å²) >= 11 is 1.31. The minimum absolute atomic E-state index is 0.0752. The molecule has 6 heteroatoms. The number of nitrogens with one attached hydrogen (secondary N) is 1. The summed E-state index contributed by atoms with van der Waals surface area (Å²) in [7, 11) is 1.81. The predicted molar refractivity (Wildman–Crippen MR) is 86.4 cm³/mol. The van der Waals surface area contributed by atoms with Crippen molar-refractivity contribution in [3.63, 3.8) is 0 Å². The summed E-state index contributed by atoms with van der Waals surface area (Å²) in [5, 5.41) is 3.93. The molecule has 0 saturated carbocycles. The van der Waals surface area contributed by atoms with Crippen LogP contribution in [0.3, 0.4) is 0 Å². The number of hydrogen-bond acceptors (Lipinski definition) is 5. The van der Waals surface area contributed by atoms with Gasteiger partial charge in [-0.15, -0.1) is 0 Å². The number of carbonyl (C=O) groups excluding carboxylic acids is 1. The lowest BCUT2D eigenvalue weighted by Crippen LogP contribution is -2.44. The molecule has 0 aliphatic carbocycles. The molecule has 1 rings (SSSR count). The molecule has 1 amide bonds. The SMILES string of the molecule is CCC(C)(C)N(C)C(=O)c1sc(NC(C)(C)C)nc1N. The van der Waals surface area contributed by atoms with Crippen molar-refractivity contribution in [3.8, 4) is 0 Å². The van der Waals surface area contributed by atoms with Crippen LogP contribution in [0.5, 0.6) is 0 Å². The Morgan fingerprint density at radius 3 is 2.35 bits per heavy atom. The smallest absolute Gasteiger partial charge is 0.268 e. The Balaban J connectivity index is 3.00. The highest BCUT2D eigenvalue weighted by atomic mass is 32.1. The number of nitrogens with zero attached hydrogens (tertiary/aromatic N) is 2. The molecule has 1 aromatic heterocycles. The van der Waals surface area contributed by atoms with Gasteiger partial charge in [-0.1, -0.05) is 18.3 Å². The van der Waals surface area contributed by atoms with Crippen molar-refractivity contribution in [3.05, 3.63) is 4.88 Å². The fourth-order valence-corrected chi connectivity index (χ4v) is 2.59. The van der Waals surface area contributed by atoms with Crippen LogP contribution in [0.4, 0.5) is 10.9 Å². The first kappa shape index (κ1) is 16.8. The predicted octanol–water partition coefficient (Wildman–Crippen LogP) is 3.20. The molecule has 0 saturated heterocycles. The summed E-state index contributed by atoms with van der Waals surface area (Å²) in [6.45, 7) is 12.3. The average Bonchev–Trinajstić information content (AvgIpc) is 2.65. The van der Waals surface area contributed by atoms with Gasteiger partial charge in [-0.3, -0.25) is 4.79 Å². The van der Waals surface area contributed by atoms with Gasteiger partial charge in [-0.25, -0.2) is 4.98 Å². The highest BCUT2D eigenvalue weighted by molar-refractivity contribution is 7.18. The molecule has 5 nitrogen and oxygen atoms in total. The van der Waals surface area contributed by atoms with Crippen LogP contribution in [0, 0.1) is 0 Å². The quantitative estimate of drug-likeness (QED) is 0.895. The zero-order valence-corrected chi connectivity index (χ0v) is 14.3. The van der Waals surface area contributed by atoms with E-state index in [4.69, 9.17) is 5.73 Å². The van der Waals surface area contributed by atoms with E-state index >= 15 is 0 Å². The second-order valence-corrected chi connectivity index (χ2v) is 7.64. The van der Waals surface area contributed by atoms with Gasteiger partial charge < -0.3 is 16.0 Å². The molecule has 114 valence electrons. The Hall–Kier alpha value is -1.30. The van der Waals surface area contributed by atoms with Crippen LogP contribution < -0.4 is 11.1 Å². The number of anilines is 2.